The third kappa shape index (κ3) is 1.48. The molecule has 1 amide bonds. The van der Waals surface area contributed by atoms with Crippen molar-refractivity contribution in [3.8, 4) is 0 Å². The Labute approximate surface area is 63.5 Å². The molecular formula is C6H9NO4. The summed E-state index contributed by atoms with van der Waals surface area (Å²) >= 11 is 0. The molecule has 1 N–H and O–H groups in total. The normalized spacial score (nSPS) is 22.9. The average molecular weight is 159 g/mol. The van der Waals surface area contributed by atoms with Crippen molar-refractivity contribution in [2.45, 2.75) is 6.92 Å². The maximum atomic E-state index is 10.8. The Balaban J connectivity index is 2.33. The summed E-state index contributed by atoms with van der Waals surface area (Å²) in [6.07, 6.45) is 0. The Morgan fingerprint density at radius 2 is 2.55 bits per heavy atom. The van der Waals surface area contributed by atoms with Crippen molar-refractivity contribution in [3.63, 3.8) is 0 Å². The molecule has 62 valence electrons. The topological polar surface area (TPSA) is 66.8 Å². The van der Waals surface area contributed by atoms with Gasteiger partial charge in [0.15, 0.2) is 0 Å². The molecule has 1 atom stereocenters. The van der Waals surface area contributed by atoms with Crippen molar-refractivity contribution in [1.82, 2.24) is 5.06 Å². The van der Waals surface area contributed by atoms with Crippen LogP contribution in [0, 0.1) is 5.92 Å². The summed E-state index contributed by atoms with van der Waals surface area (Å²) in [6.45, 7) is 1.34. The zero-order chi connectivity index (χ0) is 8.43. The van der Waals surface area contributed by atoms with Crippen LogP contribution >= 0.6 is 0 Å². The lowest BCUT2D eigenvalue weighted by Crippen LogP contribution is -2.54. The van der Waals surface area contributed by atoms with Gasteiger partial charge in [0.2, 0.25) is 0 Å². The molecule has 0 aliphatic carbocycles. The fourth-order valence-electron chi connectivity index (χ4n) is 0.833. The first-order chi connectivity index (χ1) is 5.15. The third-order valence-electron chi connectivity index (χ3n) is 1.44. The Morgan fingerprint density at radius 3 is 2.91 bits per heavy atom. The van der Waals surface area contributed by atoms with Crippen LogP contribution in [0.2, 0.25) is 0 Å². The summed E-state index contributed by atoms with van der Waals surface area (Å²) in [4.78, 5) is 25.6. The molecule has 0 spiro atoms. The highest BCUT2D eigenvalue weighted by molar-refractivity contribution is 5.85. The van der Waals surface area contributed by atoms with Gasteiger partial charge in [-0.1, -0.05) is 0 Å². The minimum absolute atomic E-state index is 0.184. The zero-order valence-electron chi connectivity index (χ0n) is 6.11. The van der Waals surface area contributed by atoms with Crippen molar-refractivity contribution >= 4 is 11.9 Å². The molecule has 11 heavy (non-hydrogen) atoms. The average Bonchev–Trinajstić information content (AvgIpc) is 1.96. The van der Waals surface area contributed by atoms with E-state index in [-0.39, 0.29) is 18.4 Å². The number of nitrogens with zero attached hydrogens (tertiary/aromatic N) is 1. The van der Waals surface area contributed by atoms with Crippen LogP contribution in [0.15, 0.2) is 0 Å². The van der Waals surface area contributed by atoms with E-state index < -0.39 is 5.97 Å². The second-order valence-electron chi connectivity index (χ2n) is 2.36. The molecular weight excluding hydrogens is 150 g/mol. The van der Waals surface area contributed by atoms with Gasteiger partial charge in [0.25, 0.3) is 5.91 Å². The minimum Gasteiger partial charge on any atom is -0.395 e. The summed E-state index contributed by atoms with van der Waals surface area (Å²) in [5, 5.41) is 9.47. The van der Waals surface area contributed by atoms with Gasteiger partial charge in [-0.3, -0.25) is 9.59 Å². The summed E-state index contributed by atoms with van der Waals surface area (Å²) in [7, 11) is 0. The Bertz CT molecular complexity index is 191. The van der Waals surface area contributed by atoms with E-state index in [1.807, 2.05) is 0 Å². The molecule has 5 nitrogen and oxygen atoms in total. The van der Waals surface area contributed by atoms with E-state index in [0.717, 1.165) is 5.06 Å². The van der Waals surface area contributed by atoms with Crippen molar-refractivity contribution in [1.29, 1.82) is 0 Å². The first-order valence-electron chi connectivity index (χ1n) is 3.26. The van der Waals surface area contributed by atoms with Gasteiger partial charge in [0, 0.05) is 6.92 Å². The van der Waals surface area contributed by atoms with Gasteiger partial charge >= 0.3 is 5.97 Å². The molecule has 0 saturated carbocycles. The molecule has 1 heterocycles. The van der Waals surface area contributed by atoms with Crippen LogP contribution in [0.25, 0.3) is 0 Å². The van der Waals surface area contributed by atoms with Crippen molar-refractivity contribution in [2.75, 3.05) is 13.2 Å². The van der Waals surface area contributed by atoms with E-state index >= 15 is 0 Å². The maximum absolute atomic E-state index is 10.8. The molecule has 0 radical (unpaired) electrons. The van der Waals surface area contributed by atoms with Gasteiger partial charge < -0.3 is 9.94 Å². The molecule has 1 aliphatic rings. The standard InChI is InChI=1S/C6H9NO4/c1-4(9)11-7-2-5(3-8)6(7)10/h5,8H,2-3H2,1H3. The quantitative estimate of drug-likeness (QED) is 0.520. The first kappa shape index (κ1) is 8.00. The maximum Gasteiger partial charge on any atom is 0.329 e. The number of amides is 1. The van der Waals surface area contributed by atoms with Crippen LogP contribution in [0.1, 0.15) is 6.92 Å². The summed E-state index contributed by atoms with van der Waals surface area (Å²) in [5.41, 5.74) is 0. The van der Waals surface area contributed by atoms with Crippen LogP contribution in [0.4, 0.5) is 0 Å². The molecule has 1 rings (SSSR count). The van der Waals surface area contributed by atoms with Gasteiger partial charge in [0.05, 0.1) is 19.1 Å². The molecule has 0 aromatic rings. The van der Waals surface area contributed by atoms with E-state index in [1.54, 1.807) is 0 Å². The second-order valence-corrected chi connectivity index (χ2v) is 2.36. The molecule has 1 fully saturated rings. The molecule has 5 heteroatoms. The van der Waals surface area contributed by atoms with Crippen molar-refractivity contribution in [2.24, 2.45) is 5.92 Å². The lowest BCUT2D eigenvalue weighted by molar-refractivity contribution is -0.221. The second kappa shape index (κ2) is 2.87. The smallest absolute Gasteiger partial charge is 0.329 e. The highest BCUT2D eigenvalue weighted by Gasteiger charge is 2.38. The Morgan fingerprint density at radius 1 is 1.91 bits per heavy atom. The van der Waals surface area contributed by atoms with Crippen LogP contribution in [0.5, 0.6) is 0 Å². The minimum atomic E-state index is -0.519. The van der Waals surface area contributed by atoms with Gasteiger partial charge in [-0.25, -0.2) is 0 Å². The number of aliphatic hydroxyl groups excluding tert-OH is 1. The summed E-state index contributed by atoms with van der Waals surface area (Å²) in [6, 6.07) is 0. The van der Waals surface area contributed by atoms with Gasteiger partial charge in [0.1, 0.15) is 0 Å². The predicted molar refractivity (Wildman–Crippen MR) is 34.1 cm³/mol. The van der Waals surface area contributed by atoms with Crippen LogP contribution in [-0.2, 0) is 14.4 Å². The highest BCUT2D eigenvalue weighted by atomic mass is 16.7. The van der Waals surface area contributed by atoms with Crippen molar-refractivity contribution < 1.29 is 19.5 Å². The van der Waals surface area contributed by atoms with Crippen LogP contribution in [0.3, 0.4) is 0 Å². The number of hydrogen-bond donors (Lipinski definition) is 1. The number of carbonyl (C=O) groups is 2. The lowest BCUT2D eigenvalue weighted by Gasteiger charge is -2.34. The number of carbonyl (C=O) groups excluding carboxylic acids is 2. The Kier molecular flexibility index (Phi) is 2.09. The predicted octanol–water partition coefficient (Wildman–Crippen LogP) is -1.08. The molecule has 1 unspecified atom stereocenters. The Hall–Kier alpha value is -1.10. The largest absolute Gasteiger partial charge is 0.395 e. The van der Waals surface area contributed by atoms with Crippen LogP contribution in [-0.4, -0.2) is 35.2 Å². The first-order valence-corrected chi connectivity index (χ1v) is 3.26. The fraction of sp³-hybridized carbons (Fsp3) is 0.667. The number of hydroxylamine groups is 2. The van der Waals surface area contributed by atoms with Crippen LogP contribution < -0.4 is 0 Å². The third-order valence-corrected chi connectivity index (χ3v) is 1.44. The van der Waals surface area contributed by atoms with Gasteiger partial charge in [-0.05, 0) is 0 Å². The van der Waals surface area contributed by atoms with E-state index in [1.165, 1.54) is 6.92 Å². The highest BCUT2D eigenvalue weighted by Crippen LogP contribution is 2.16. The number of rotatable bonds is 2. The van der Waals surface area contributed by atoms with E-state index in [9.17, 15) is 9.59 Å². The summed E-state index contributed by atoms with van der Waals surface area (Å²) in [5.74, 6) is -1.23. The molecule has 0 bridgehead atoms. The van der Waals surface area contributed by atoms with Gasteiger partial charge in [-0.2, -0.15) is 5.06 Å². The molecule has 0 aromatic heterocycles. The SMILES string of the molecule is CC(=O)ON1CC(CO)C1=O. The number of β-lactam (4-membered cyclic amide) rings is 1. The van der Waals surface area contributed by atoms with E-state index in [2.05, 4.69) is 4.84 Å². The molecule has 1 aliphatic heterocycles. The number of hydrogen-bond acceptors (Lipinski definition) is 4. The lowest BCUT2D eigenvalue weighted by atomic mass is 10.0. The molecule has 1 saturated heterocycles. The van der Waals surface area contributed by atoms with E-state index in [4.69, 9.17) is 5.11 Å². The van der Waals surface area contributed by atoms with Gasteiger partial charge in [-0.15, -0.1) is 0 Å². The monoisotopic (exact) mass is 159 g/mol. The van der Waals surface area contributed by atoms with Crippen molar-refractivity contribution in [3.05, 3.63) is 0 Å². The molecule has 0 aromatic carbocycles. The number of aliphatic hydroxyl groups is 1. The van der Waals surface area contributed by atoms with E-state index in [0.29, 0.717) is 6.54 Å². The fourth-order valence-corrected chi connectivity index (χ4v) is 0.833. The summed E-state index contributed by atoms with van der Waals surface area (Å²) < 4.78 is 0. The zero-order valence-corrected chi connectivity index (χ0v) is 6.11.